The predicted octanol–water partition coefficient (Wildman–Crippen LogP) is 2.04. The molecular weight excluding hydrogens is 320 g/mol. The van der Waals surface area contributed by atoms with Crippen molar-refractivity contribution >= 4 is 40.8 Å². The minimum atomic E-state index is -1.03. The second-order valence-electron chi connectivity index (χ2n) is 4.77. The van der Waals surface area contributed by atoms with E-state index in [1.54, 1.807) is 18.2 Å². The molecule has 1 aliphatic rings. The number of benzene rings is 2. The van der Waals surface area contributed by atoms with Crippen molar-refractivity contribution in [3.8, 4) is 0 Å². The molecule has 0 unspecified atom stereocenters. The predicted molar refractivity (Wildman–Crippen MR) is 82.7 cm³/mol. The molecule has 0 bridgehead atoms. The van der Waals surface area contributed by atoms with Crippen LogP contribution in [0.4, 0.5) is 5.69 Å². The Morgan fingerprint density at radius 3 is 2.43 bits per heavy atom. The van der Waals surface area contributed by atoms with Crippen LogP contribution in [0.2, 0.25) is 5.02 Å². The topological polar surface area (TPSA) is 92.3 Å². The number of rotatable bonds is 2. The lowest BCUT2D eigenvalue weighted by Gasteiger charge is -2.17. The molecular formula is C16H9ClN2O4. The van der Waals surface area contributed by atoms with E-state index in [4.69, 9.17) is 11.6 Å². The number of ketones is 1. The highest BCUT2D eigenvalue weighted by molar-refractivity contribution is 6.50. The highest BCUT2D eigenvalue weighted by Gasteiger charge is 2.33. The number of halogens is 1. The minimum Gasteiger partial charge on any atom is -0.321 e. The fraction of sp³-hybridized carbons (Fsp3) is 0. The van der Waals surface area contributed by atoms with Crippen LogP contribution in [0.3, 0.4) is 0 Å². The number of carbonyl (C=O) groups excluding carboxylic acids is 4. The van der Waals surface area contributed by atoms with Crippen LogP contribution in [0.15, 0.2) is 42.5 Å². The lowest BCUT2D eigenvalue weighted by molar-refractivity contribution is -0.116. The van der Waals surface area contributed by atoms with Gasteiger partial charge in [0.25, 0.3) is 23.5 Å². The van der Waals surface area contributed by atoms with Gasteiger partial charge < -0.3 is 5.32 Å². The van der Waals surface area contributed by atoms with Gasteiger partial charge in [0.15, 0.2) is 0 Å². The van der Waals surface area contributed by atoms with E-state index in [0.717, 1.165) is 0 Å². The Bertz CT molecular complexity index is 876. The molecule has 2 aromatic rings. The Morgan fingerprint density at radius 1 is 0.957 bits per heavy atom. The van der Waals surface area contributed by atoms with Gasteiger partial charge in [0.05, 0.1) is 27.4 Å². The molecule has 0 radical (unpaired) electrons. The number of amides is 3. The normalized spacial score (nSPS) is 13.3. The quantitative estimate of drug-likeness (QED) is 0.652. The molecule has 0 saturated heterocycles. The zero-order valence-electron chi connectivity index (χ0n) is 11.6. The lowest BCUT2D eigenvalue weighted by atomic mass is 9.96. The Balaban J connectivity index is 2.03. The summed E-state index contributed by atoms with van der Waals surface area (Å²) in [6.07, 6.45) is 0. The van der Waals surface area contributed by atoms with Crippen LogP contribution in [-0.2, 0) is 4.79 Å². The van der Waals surface area contributed by atoms with Crippen LogP contribution in [0.25, 0.3) is 0 Å². The number of hydrogen-bond acceptors (Lipinski definition) is 4. The first kappa shape index (κ1) is 14.9. The molecule has 1 heterocycles. The summed E-state index contributed by atoms with van der Waals surface area (Å²) in [7, 11) is 0. The van der Waals surface area contributed by atoms with Crippen LogP contribution in [-0.4, -0.2) is 23.5 Å². The van der Waals surface area contributed by atoms with Crippen molar-refractivity contribution in [2.45, 2.75) is 0 Å². The third-order valence-electron chi connectivity index (χ3n) is 3.34. The summed E-state index contributed by atoms with van der Waals surface area (Å²) < 4.78 is 0. The fourth-order valence-corrected chi connectivity index (χ4v) is 2.49. The molecule has 0 aromatic heterocycles. The first-order valence-corrected chi connectivity index (χ1v) is 6.95. The molecule has 0 saturated carbocycles. The zero-order chi connectivity index (χ0) is 16.6. The molecule has 3 amide bonds. The van der Waals surface area contributed by atoms with Crippen LogP contribution in [0.1, 0.15) is 31.1 Å². The molecule has 6 nitrogen and oxygen atoms in total. The summed E-state index contributed by atoms with van der Waals surface area (Å²) in [5, 5.41) is 4.71. The van der Waals surface area contributed by atoms with Crippen LogP contribution in [0, 0.1) is 0 Å². The van der Waals surface area contributed by atoms with E-state index in [2.05, 4.69) is 5.32 Å². The van der Waals surface area contributed by atoms with Gasteiger partial charge in [-0.2, -0.15) is 0 Å². The number of nitrogens with one attached hydrogen (secondary N) is 2. The molecule has 23 heavy (non-hydrogen) atoms. The van der Waals surface area contributed by atoms with Crippen molar-refractivity contribution in [2.75, 3.05) is 5.32 Å². The second-order valence-corrected chi connectivity index (χ2v) is 5.18. The molecule has 0 spiro atoms. The van der Waals surface area contributed by atoms with E-state index < -0.39 is 23.5 Å². The van der Waals surface area contributed by atoms with Crippen LogP contribution >= 0.6 is 11.6 Å². The number of imide groups is 1. The van der Waals surface area contributed by atoms with E-state index in [9.17, 15) is 19.2 Å². The lowest BCUT2D eigenvalue weighted by Crippen LogP contribution is -2.42. The molecule has 1 aliphatic heterocycles. The molecule has 3 rings (SSSR count). The molecule has 7 heteroatoms. The van der Waals surface area contributed by atoms with Gasteiger partial charge in [-0.1, -0.05) is 29.8 Å². The number of Topliss-reactive ketones (excluding diaryl/α,β-unsaturated/α-hetero) is 1. The van der Waals surface area contributed by atoms with E-state index in [0.29, 0.717) is 0 Å². The number of hydrogen-bond donors (Lipinski definition) is 2. The van der Waals surface area contributed by atoms with Crippen molar-refractivity contribution < 1.29 is 19.2 Å². The standard InChI is InChI=1S/C16H9ClN2O4/c17-10-6-2-1-4-8(10)14(21)18-11-7-3-5-9-12(11)13(20)16(23)19-15(9)22/h1-7H,(H,18,21)(H,19,22,23). The van der Waals surface area contributed by atoms with Crippen molar-refractivity contribution in [3.05, 3.63) is 64.2 Å². The number of fused-ring (bicyclic) bond motifs is 1. The summed E-state index contributed by atoms with van der Waals surface area (Å²) in [4.78, 5) is 47.6. The molecule has 2 N–H and O–H groups in total. The van der Waals surface area contributed by atoms with Gasteiger partial charge in [0, 0.05) is 0 Å². The molecule has 2 aromatic carbocycles. The maximum Gasteiger partial charge on any atom is 0.299 e. The van der Waals surface area contributed by atoms with Gasteiger partial charge in [0.1, 0.15) is 0 Å². The second kappa shape index (κ2) is 5.66. The smallest absolute Gasteiger partial charge is 0.299 e. The average Bonchev–Trinajstić information content (AvgIpc) is 2.53. The van der Waals surface area contributed by atoms with Gasteiger partial charge in [0.2, 0.25) is 0 Å². The Kier molecular flexibility index (Phi) is 3.67. The Labute approximate surface area is 135 Å². The first-order chi connectivity index (χ1) is 11.0. The first-order valence-electron chi connectivity index (χ1n) is 6.58. The summed E-state index contributed by atoms with van der Waals surface area (Å²) in [5.41, 5.74) is 0.208. The van der Waals surface area contributed by atoms with Gasteiger partial charge in [-0.3, -0.25) is 24.5 Å². The van der Waals surface area contributed by atoms with E-state index in [-0.39, 0.29) is 27.4 Å². The van der Waals surface area contributed by atoms with E-state index in [1.165, 1.54) is 24.3 Å². The van der Waals surface area contributed by atoms with Gasteiger partial charge in [-0.05, 0) is 24.3 Å². The van der Waals surface area contributed by atoms with E-state index in [1.807, 2.05) is 5.32 Å². The van der Waals surface area contributed by atoms with Crippen molar-refractivity contribution in [2.24, 2.45) is 0 Å². The van der Waals surface area contributed by atoms with Crippen molar-refractivity contribution in [1.29, 1.82) is 0 Å². The van der Waals surface area contributed by atoms with Crippen molar-refractivity contribution in [3.63, 3.8) is 0 Å². The number of carbonyl (C=O) groups is 4. The van der Waals surface area contributed by atoms with E-state index >= 15 is 0 Å². The highest BCUT2D eigenvalue weighted by atomic mass is 35.5. The third-order valence-corrected chi connectivity index (χ3v) is 3.67. The molecule has 0 fully saturated rings. The molecule has 0 aliphatic carbocycles. The zero-order valence-corrected chi connectivity index (χ0v) is 12.3. The summed E-state index contributed by atoms with van der Waals surface area (Å²) in [6, 6.07) is 10.7. The Morgan fingerprint density at radius 2 is 1.70 bits per heavy atom. The van der Waals surface area contributed by atoms with Crippen LogP contribution < -0.4 is 10.6 Å². The van der Waals surface area contributed by atoms with Gasteiger partial charge >= 0.3 is 0 Å². The van der Waals surface area contributed by atoms with Gasteiger partial charge in [-0.25, -0.2) is 0 Å². The maximum absolute atomic E-state index is 12.3. The molecule has 114 valence electrons. The van der Waals surface area contributed by atoms with Crippen LogP contribution in [0.5, 0.6) is 0 Å². The third kappa shape index (κ3) is 2.60. The molecule has 0 atom stereocenters. The Hall–Kier alpha value is -2.99. The average molecular weight is 329 g/mol. The number of anilines is 1. The SMILES string of the molecule is O=C1NC(=O)c2cccc(NC(=O)c3ccccc3Cl)c2C1=O. The summed E-state index contributed by atoms with van der Waals surface area (Å²) >= 11 is 5.96. The van der Waals surface area contributed by atoms with Crippen molar-refractivity contribution in [1.82, 2.24) is 5.32 Å². The summed E-state index contributed by atoms with van der Waals surface area (Å²) in [6.45, 7) is 0. The minimum absolute atomic E-state index is 0.0339. The largest absolute Gasteiger partial charge is 0.321 e. The monoisotopic (exact) mass is 328 g/mol. The highest BCUT2D eigenvalue weighted by Crippen LogP contribution is 2.25. The summed E-state index contributed by atoms with van der Waals surface area (Å²) in [5.74, 6) is -3.13. The van der Waals surface area contributed by atoms with Gasteiger partial charge in [-0.15, -0.1) is 0 Å². The maximum atomic E-state index is 12.3. The fourth-order valence-electron chi connectivity index (χ4n) is 2.27.